The predicted molar refractivity (Wildman–Crippen MR) is 65.1 cm³/mol. The van der Waals surface area contributed by atoms with Crippen LogP contribution in [-0.2, 0) is 27.4 Å². The second-order valence-electron chi connectivity index (χ2n) is 4.40. The zero-order valence-corrected chi connectivity index (χ0v) is 11.3. The first kappa shape index (κ1) is 13.9. The van der Waals surface area contributed by atoms with Gasteiger partial charge in [0.15, 0.2) is 5.82 Å². The summed E-state index contributed by atoms with van der Waals surface area (Å²) in [4.78, 5) is 13.7. The van der Waals surface area contributed by atoms with Crippen LogP contribution in [0.3, 0.4) is 0 Å². The molecule has 1 aliphatic heterocycles. The maximum absolute atomic E-state index is 11.7. The molecule has 0 amide bonds. The first-order valence-corrected chi connectivity index (χ1v) is 6.41. The van der Waals surface area contributed by atoms with Gasteiger partial charge in [0, 0.05) is 13.1 Å². The van der Waals surface area contributed by atoms with Crippen molar-refractivity contribution in [1.29, 1.82) is 0 Å². The van der Waals surface area contributed by atoms with E-state index in [1.807, 2.05) is 4.90 Å². The highest BCUT2D eigenvalue weighted by molar-refractivity contribution is 5.75. The molecule has 19 heavy (non-hydrogen) atoms. The molecule has 0 aromatic carbocycles. The summed E-state index contributed by atoms with van der Waals surface area (Å²) in [6.45, 7) is 4.98. The Labute approximate surface area is 111 Å². The van der Waals surface area contributed by atoms with Crippen molar-refractivity contribution in [2.24, 2.45) is 0 Å². The molecule has 8 heteroatoms. The zero-order valence-electron chi connectivity index (χ0n) is 11.3. The lowest BCUT2D eigenvalue weighted by Gasteiger charge is -2.32. The Morgan fingerprint density at radius 3 is 3.16 bits per heavy atom. The molecule has 0 aliphatic carbocycles. The van der Waals surface area contributed by atoms with E-state index in [2.05, 4.69) is 22.4 Å². The zero-order chi connectivity index (χ0) is 13.7. The van der Waals surface area contributed by atoms with Crippen LogP contribution < -0.4 is 0 Å². The van der Waals surface area contributed by atoms with Crippen molar-refractivity contribution in [2.45, 2.75) is 32.5 Å². The molecule has 0 spiro atoms. The first-order chi connectivity index (χ1) is 9.26. The van der Waals surface area contributed by atoms with Gasteiger partial charge < -0.3 is 9.47 Å². The molecule has 2 heterocycles. The van der Waals surface area contributed by atoms with Crippen LogP contribution in [0.25, 0.3) is 0 Å². The molecule has 1 aliphatic rings. The Morgan fingerprint density at radius 1 is 1.58 bits per heavy atom. The lowest BCUT2D eigenvalue weighted by Crippen LogP contribution is -2.50. The van der Waals surface area contributed by atoms with E-state index in [9.17, 15) is 4.79 Å². The number of esters is 1. The molecule has 0 radical (unpaired) electrons. The summed E-state index contributed by atoms with van der Waals surface area (Å²) in [5.41, 5.74) is 0. The van der Waals surface area contributed by atoms with Gasteiger partial charge in [-0.1, -0.05) is 6.92 Å². The highest BCUT2D eigenvalue weighted by Crippen LogP contribution is 2.12. The van der Waals surface area contributed by atoms with Crippen LogP contribution in [-0.4, -0.2) is 64.0 Å². The summed E-state index contributed by atoms with van der Waals surface area (Å²) in [7, 11) is 1.39. The summed E-state index contributed by atoms with van der Waals surface area (Å²) in [5, 5.41) is 11.6. The van der Waals surface area contributed by atoms with E-state index >= 15 is 0 Å². The minimum Gasteiger partial charge on any atom is -0.468 e. The van der Waals surface area contributed by atoms with Gasteiger partial charge in [0.2, 0.25) is 0 Å². The molecule has 1 atom stereocenters. The molecule has 1 unspecified atom stereocenters. The quantitative estimate of drug-likeness (QED) is 0.664. The number of morpholine rings is 1. The molecule has 1 aromatic rings. The Morgan fingerprint density at radius 2 is 2.42 bits per heavy atom. The molecule has 2 rings (SSSR count). The Kier molecular flexibility index (Phi) is 4.80. The minimum absolute atomic E-state index is 0.283. The fraction of sp³-hybridized carbons (Fsp3) is 0.818. The van der Waals surface area contributed by atoms with Crippen molar-refractivity contribution in [3.63, 3.8) is 0 Å². The number of rotatable bonds is 5. The Hall–Kier alpha value is -1.54. The maximum atomic E-state index is 11.7. The first-order valence-electron chi connectivity index (χ1n) is 6.41. The Bertz CT molecular complexity index is 422. The molecule has 1 aromatic heterocycles. The molecule has 1 fully saturated rings. The van der Waals surface area contributed by atoms with Gasteiger partial charge in [0.05, 0.1) is 26.9 Å². The van der Waals surface area contributed by atoms with Gasteiger partial charge in [-0.05, 0) is 16.8 Å². The van der Waals surface area contributed by atoms with Crippen LogP contribution in [0.5, 0.6) is 0 Å². The number of carbonyl (C=O) groups excluding carboxylic acids is 1. The van der Waals surface area contributed by atoms with E-state index in [0.717, 1.165) is 18.8 Å². The molecule has 0 N–H and O–H groups in total. The highest BCUT2D eigenvalue weighted by Gasteiger charge is 2.31. The molecule has 0 bridgehead atoms. The molecule has 106 valence electrons. The maximum Gasteiger partial charge on any atom is 0.325 e. The monoisotopic (exact) mass is 269 g/mol. The number of tetrazole rings is 1. The summed E-state index contributed by atoms with van der Waals surface area (Å²) in [6.07, 6.45) is 0.960. The van der Waals surface area contributed by atoms with Gasteiger partial charge in [0.25, 0.3) is 0 Å². The van der Waals surface area contributed by atoms with Crippen molar-refractivity contribution in [3.8, 4) is 0 Å². The smallest absolute Gasteiger partial charge is 0.325 e. The number of carbonyl (C=O) groups is 1. The fourth-order valence-corrected chi connectivity index (χ4v) is 2.08. The SMILES string of the molecule is CCCn1nnnc1CN1CCOCC1C(=O)OC. The van der Waals surface area contributed by atoms with E-state index in [0.29, 0.717) is 26.3 Å². The largest absolute Gasteiger partial charge is 0.468 e. The number of hydrogen-bond acceptors (Lipinski definition) is 7. The van der Waals surface area contributed by atoms with Crippen LogP contribution in [0.2, 0.25) is 0 Å². The molecule has 8 nitrogen and oxygen atoms in total. The molecular formula is C11H19N5O3. The number of methoxy groups -OCH3 is 1. The second-order valence-corrected chi connectivity index (χ2v) is 4.40. The highest BCUT2D eigenvalue weighted by atomic mass is 16.5. The van der Waals surface area contributed by atoms with Crippen molar-refractivity contribution in [1.82, 2.24) is 25.1 Å². The third-order valence-electron chi connectivity index (χ3n) is 3.10. The lowest BCUT2D eigenvalue weighted by atomic mass is 10.2. The van der Waals surface area contributed by atoms with Crippen molar-refractivity contribution < 1.29 is 14.3 Å². The fourth-order valence-electron chi connectivity index (χ4n) is 2.08. The van der Waals surface area contributed by atoms with Crippen LogP contribution in [0, 0.1) is 0 Å². The summed E-state index contributed by atoms with van der Waals surface area (Å²) >= 11 is 0. The predicted octanol–water partition coefficient (Wildman–Crippen LogP) is -0.543. The number of ether oxygens (including phenoxy) is 2. The molecule has 0 saturated carbocycles. The van der Waals surface area contributed by atoms with Crippen molar-refractivity contribution >= 4 is 5.97 Å². The van der Waals surface area contributed by atoms with Gasteiger partial charge in [0.1, 0.15) is 6.04 Å². The van der Waals surface area contributed by atoms with Gasteiger partial charge in [-0.3, -0.25) is 9.69 Å². The van der Waals surface area contributed by atoms with Crippen LogP contribution >= 0.6 is 0 Å². The third kappa shape index (κ3) is 3.27. The molecule has 1 saturated heterocycles. The van der Waals surface area contributed by atoms with Crippen LogP contribution in [0.15, 0.2) is 0 Å². The lowest BCUT2D eigenvalue weighted by molar-refractivity contribution is -0.153. The number of hydrogen-bond donors (Lipinski definition) is 0. The minimum atomic E-state index is -0.384. The van der Waals surface area contributed by atoms with Gasteiger partial charge in [-0.25, -0.2) is 4.68 Å². The van der Waals surface area contributed by atoms with Gasteiger partial charge >= 0.3 is 5.97 Å². The van der Waals surface area contributed by atoms with Crippen molar-refractivity contribution in [2.75, 3.05) is 26.9 Å². The number of nitrogens with zero attached hydrogens (tertiary/aromatic N) is 5. The standard InChI is InChI=1S/C11H19N5O3/c1-3-4-16-10(12-13-14-16)7-15-5-6-19-8-9(15)11(17)18-2/h9H,3-8H2,1-2H3. The van der Waals surface area contributed by atoms with E-state index in [1.165, 1.54) is 7.11 Å². The van der Waals surface area contributed by atoms with Crippen LogP contribution in [0.4, 0.5) is 0 Å². The van der Waals surface area contributed by atoms with Gasteiger partial charge in [-0.15, -0.1) is 5.10 Å². The molecular weight excluding hydrogens is 250 g/mol. The number of aryl methyl sites for hydroxylation is 1. The van der Waals surface area contributed by atoms with E-state index in [-0.39, 0.29) is 12.0 Å². The van der Waals surface area contributed by atoms with E-state index in [1.54, 1.807) is 4.68 Å². The average Bonchev–Trinajstić information content (AvgIpc) is 2.86. The normalized spacial score (nSPS) is 20.4. The van der Waals surface area contributed by atoms with Crippen molar-refractivity contribution in [3.05, 3.63) is 5.82 Å². The van der Waals surface area contributed by atoms with E-state index in [4.69, 9.17) is 9.47 Å². The Balaban J connectivity index is 2.06. The van der Waals surface area contributed by atoms with E-state index < -0.39 is 0 Å². The topological polar surface area (TPSA) is 82.4 Å². The summed E-state index contributed by atoms with van der Waals surface area (Å²) in [6, 6.07) is -0.384. The second kappa shape index (κ2) is 6.58. The number of aromatic nitrogens is 4. The van der Waals surface area contributed by atoms with Gasteiger partial charge in [-0.2, -0.15) is 0 Å². The third-order valence-corrected chi connectivity index (χ3v) is 3.10. The average molecular weight is 269 g/mol. The van der Waals surface area contributed by atoms with Crippen LogP contribution in [0.1, 0.15) is 19.2 Å². The summed E-state index contributed by atoms with van der Waals surface area (Å²) in [5.74, 6) is 0.479. The summed E-state index contributed by atoms with van der Waals surface area (Å²) < 4.78 is 11.9.